The number of para-hydroxylation sites is 1. The highest BCUT2D eigenvalue weighted by molar-refractivity contribution is 6.05. The predicted octanol–water partition coefficient (Wildman–Crippen LogP) is 2.21. The van der Waals surface area contributed by atoms with Crippen molar-refractivity contribution in [3.63, 3.8) is 0 Å². The molecular weight excluding hydrogens is 316 g/mol. The fourth-order valence-electron chi connectivity index (χ4n) is 3.49. The van der Waals surface area contributed by atoms with E-state index in [-0.39, 0.29) is 24.0 Å². The maximum Gasteiger partial charge on any atom is 0.272 e. The SMILES string of the molecule is Cn1nc(C(=O)NC(c2ccccn2)C2CC(O)C2)c2ccccc21. The molecule has 3 aromatic rings. The number of aliphatic hydroxyl groups excluding tert-OH is 1. The van der Waals surface area contributed by atoms with Gasteiger partial charge in [0.05, 0.1) is 23.4 Å². The van der Waals surface area contributed by atoms with E-state index in [9.17, 15) is 9.90 Å². The van der Waals surface area contributed by atoms with Crippen molar-refractivity contribution in [2.75, 3.05) is 0 Å². The number of carbonyl (C=O) groups is 1. The van der Waals surface area contributed by atoms with Crippen LogP contribution in [0.15, 0.2) is 48.7 Å². The maximum absolute atomic E-state index is 12.9. The van der Waals surface area contributed by atoms with Crippen LogP contribution in [0.1, 0.15) is 35.1 Å². The number of benzene rings is 1. The van der Waals surface area contributed by atoms with Gasteiger partial charge in [-0.05, 0) is 37.0 Å². The molecule has 6 nitrogen and oxygen atoms in total. The van der Waals surface area contributed by atoms with Crippen LogP contribution < -0.4 is 5.32 Å². The molecule has 2 aromatic heterocycles. The van der Waals surface area contributed by atoms with Crippen LogP contribution in [0, 0.1) is 5.92 Å². The topological polar surface area (TPSA) is 80.0 Å². The maximum atomic E-state index is 12.9. The second-order valence-electron chi connectivity index (χ2n) is 6.58. The van der Waals surface area contributed by atoms with E-state index in [1.54, 1.807) is 10.9 Å². The Hall–Kier alpha value is -2.73. The Morgan fingerprint density at radius 3 is 2.72 bits per heavy atom. The van der Waals surface area contributed by atoms with E-state index in [0.717, 1.165) is 16.6 Å². The fraction of sp³-hybridized carbons (Fsp3) is 0.316. The second kappa shape index (κ2) is 6.29. The van der Waals surface area contributed by atoms with Crippen LogP contribution in [0.3, 0.4) is 0 Å². The summed E-state index contributed by atoms with van der Waals surface area (Å²) in [6.45, 7) is 0. The standard InChI is InChI=1S/C19H20N4O2/c1-23-16-8-3-2-6-14(16)18(22-23)19(25)21-17(12-10-13(24)11-12)15-7-4-5-9-20-15/h2-9,12-13,17,24H,10-11H2,1H3,(H,21,25). The molecular formula is C19H20N4O2. The van der Waals surface area contributed by atoms with Gasteiger partial charge in [0, 0.05) is 18.6 Å². The van der Waals surface area contributed by atoms with E-state index in [1.807, 2.05) is 49.5 Å². The number of amides is 1. The summed E-state index contributed by atoms with van der Waals surface area (Å²) in [5.41, 5.74) is 2.15. The van der Waals surface area contributed by atoms with Crippen LogP contribution in [-0.4, -0.2) is 31.9 Å². The van der Waals surface area contributed by atoms with Gasteiger partial charge in [-0.2, -0.15) is 5.10 Å². The lowest BCUT2D eigenvalue weighted by atomic mass is 9.76. The number of nitrogens with zero attached hydrogens (tertiary/aromatic N) is 3. The molecule has 2 N–H and O–H groups in total. The van der Waals surface area contributed by atoms with E-state index >= 15 is 0 Å². The van der Waals surface area contributed by atoms with Gasteiger partial charge in [0.1, 0.15) is 0 Å². The molecule has 0 saturated heterocycles. The summed E-state index contributed by atoms with van der Waals surface area (Å²) < 4.78 is 1.72. The van der Waals surface area contributed by atoms with E-state index in [0.29, 0.717) is 18.5 Å². The number of aromatic nitrogens is 3. The molecule has 1 unspecified atom stereocenters. The summed E-state index contributed by atoms with van der Waals surface area (Å²) in [5.74, 6) is -0.0299. The Kier molecular flexibility index (Phi) is 3.97. The first-order chi connectivity index (χ1) is 12.1. The van der Waals surface area contributed by atoms with Gasteiger partial charge in [-0.15, -0.1) is 0 Å². The lowest BCUT2D eigenvalue weighted by Gasteiger charge is -2.37. The molecule has 1 atom stereocenters. The molecule has 1 aliphatic rings. The lowest BCUT2D eigenvalue weighted by Crippen LogP contribution is -2.42. The average molecular weight is 336 g/mol. The van der Waals surface area contributed by atoms with Crippen molar-refractivity contribution in [1.29, 1.82) is 0 Å². The third kappa shape index (κ3) is 2.89. The molecule has 6 heteroatoms. The summed E-state index contributed by atoms with van der Waals surface area (Å²) in [7, 11) is 1.83. The van der Waals surface area contributed by atoms with Gasteiger partial charge in [0.15, 0.2) is 5.69 Å². The normalized spacial score (nSPS) is 20.9. The second-order valence-corrected chi connectivity index (χ2v) is 6.58. The molecule has 128 valence electrons. The van der Waals surface area contributed by atoms with E-state index < -0.39 is 0 Å². The highest BCUT2D eigenvalue weighted by Crippen LogP contribution is 2.37. The molecule has 25 heavy (non-hydrogen) atoms. The Labute approximate surface area is 145 Å². The largest absolute Gasteiger partial charge is 0.393 e. The van der Waals surface area contributed by atoms with E-state index in [2.05, 4.69) is 15.4 Å². The lowest BCUT2D eigenvalue weighted by molar-refractivity contribution is 0.0228. The number of aryl methyl sites for hydroxylation is 1. The van der Waals surface area contributed by atoms with Crippen LogP contribution >= 0.6 is 0 Å². The third-order valence-electron chi connectivity index (χ3n) is 4.89. The van der Waals surface area contributed by atoms with Crippen molar-refractivity contribution in [2.45, 2.75) is 25.0 Å². The first-order valence-electron chi connectivity index (χ1n) is 8.45. The van der Waals surface area contributed by atoms with Gasteiger partial charge in [-0.1, -0.05) is 24.3 Å². The van der Waals surface area contributed by atoms with Gasteiger partial charge in [0.25, 0.3) is 5.91 Å². The Balaban J connectivity index is 1.64. The van der Waals surface area contributed by atoms with Crippen molar-refractivity contribution in [3.05, 3.63) is 60.0 Å². The molecule has 1 aliphatic carbocycles. The zero-order valence-electron chi connectivity index (χ0n) is 14.0. The van der Waals surface area contributed by atoms with Crippen LogP contribution in [0.2, 0.25) is 0 Å². The van der Waals surface area contributed by atoms with Gasteiger partial charge >= 0.3 is 0 Å². The molecule has 0 spiro atoms. The monoisotopic (exact) mass is 336 g/mol. The van der Waals surface area contributed by atoms with Gasteiger partial charge in [0.2, 0.25) is 0 Å². The number of fused-ring (bicyclic) bond motifs is 1. The van der Waals surface area contributed by atoms with Crippen LogP contribution in [-0.2, 0) is 7.05 Å². The minimum absolute atomic E-state index is 0.184. The molecule has 1 saturated carbocycles. The smallest absolute Gasteiger partial charge is 0.272 e. The van der Waals surface area contributed by atoms with Crippen molar-refractivity contribution >= 4 is 16.8 Å². The number of rotatable bonds is 4. The van der Waals surface area contributed by atoms with Crippen molar-refractivity contribution in [1.82, 2.24) is 20.1 Å². The Bertz CT molecular complexity index is 900. The van der Waals surface area contributed by atoms with Gasteiger partial charge < -0.3 is 10.4 Å². The van der Waals surface area contributed by atoms with Crippen LogP contribution in [0.4, 0.5) is 0 Å². The summed E-state index contributed by atoms with van der Waals surface area (Å²) in [6.07, 6.45) is 2.78. The minimum Gasteiger partial charge on any atom is -0.393 e. The van der Waals surface area contributed by atoms with E-state index in [4.69, 9.17) is 0 Å². The number of hydrogen-bond donors (Lipinski definition) is 2. The van der Waals surface area contributed by atoms with Gasteiger partial charge in [-0.25, -0.2) is 0 Å². The minimum atomic E-state index is -0.288. The quantitative estimate of drug-likeness (QED) is 0.765. The first-order valence-corrected chi connectivity index (χ1v) is 8.45. The summed E-state index contributed by atoms with van der Waals surface area (Å²) in [5, 5.41) is 18.0. The number of carbonyl (C=O) groups excluding carboxylic acids is 1. The first kappa shape index (κ1) is 15.8. The number of pyridine rings is 1. The zero-order valence-corrected chi connectivity index (χ0v) is 14.0. The third-order valence-corrected chi connectivity index (χ3v) is 4.89. The van der Waals surface area contributed by atoms with Crippen molar-refractivity contribution in [2.24, 2.45) is 13.0 Å². The molecule has 2 heterocycles. The van der Waals surface area contributed by atoms with Crippen molar-refractivity contribution in [3.8, 4) is 0 Å². The number of aliphatic hydroxyl groups is 1. The highest BCUT2D eigenvalue weighted by atomic mass is 16.3. The number of hydrogen-bond acceptors (Lipinski definition) is 4. The predicted molar refractivity (Wildman–Crippen MR) is 93.9 cm³/mol. The molecule has 0 radical (unpaired) electrons. The zero-order chi connectivity index (χ0) is 17.4. The summed E-state index contributed by atoms with van der Waals surface area (Å²) in [6, 6.07) is 13.1. The number of nitrogens with one attached hydrogen (secondary N) is 1. The fourth-order valence-corrected chi connectivity index (χ4v) is 3.49. The summed E-state index contributed by atoms with van der Waals surface area (Å²) in [4.78, 5) is 17.3. The molecule has 1 aromatic carbocycles. The Morgan fingerprint density at radius 1 is 1.24 bits per heavy atom. The molecule has 1 amide bonds. The van der Waals surface area contributed by atoms with Crippen LogP contribution in [0.5, 0.6) is 0 Å². The van der Waals surface area contributed by atoms with Crippen molar-refractivity contribution < 1.29 is 9.90 Å². The molecule has 0 aliphatic heterocycles. The van der Waals surface area contributed by atoms with Gasteiger partial charge in [-0.3, -0.25) is 14.5 Å². The van der Waals surface area contributed by atoms with E-state index in [1.165, 1.54) is 0 Å². The Morgan fingerprint density at radius 2 is 2.00 bits per heavy atom. The van der Waals surface area contributed by atoms with Crippen LogP contribution in [0.25, 0.3) is 10.9 Å². The molecule has 0 bridgehead atoms. The highest BCUT2D eigenvalue weighted by Gasteiger charge is 2.36. The molecule has 4 rings (SSSR count). The average Bonchev–Trinajstić information content (AvgIpc) is 2.95. The molecule has 1 fully saturated rings. The summed E-state index contributed by atoms with van der Waals surface area (Å²) >= 11 is 0.